The van der Waals surface area contributed by atoms with Gasteiger partial charge in [0, 0.05) is 18.8 Å². The molecule has 83 valence electrons. The van der Waals surface area contributed by atoms with Crippen molar-refractivity contribution in [2.24, 2.45) is 0 Å². The van der Waals surface area contributed by atoms with Crippen LogP contribution in [0.1, 0.15) is 31.9 Å². The Morgan fingerprint density at radius 1 is 1.27 bits per heavy atom. The van der Waals surface area contributed by atoms with Crippen molar-refractivity contribution in [3.05, 3.63) is 35.4 Å². The van der Waals surface area contributed by atoms with Gasteiger partial charge < -0.3 is 9.47 Å². The summed E-state index contributed by atoms with van der Waals surface area (Å²) in [6.07, 6.45) is 0. The summed E-state index contributed by atoms with van der Waals surface area (Å²) in [5, 5.41) is 0. The molecule has 0 heterocycles. The fraction of sp³-hybridized carbons (Fsp3) is 0.538. The van der Waals surface area contributed by atoms with Gasteiger partial charge in [0.15, 0.2) is 5.79 Å². The van der Waals surface area contributed by atoms with Gasteiger partial charge in [0.1, 0.15) is 0 Å². The first-order valence-corrected chi connectivity index (χ1v) is 5.39. The maximum atomic E-state index is 5.66. The molecular weight excluding hydrogens is 188 g/mol. The molecule has 1 aromatic rings. The van der Waals surface area contributed by atoms with E-state index in [1.54, 1.807) is 0 Å². The molecule has 1 radical (unpaired) electrons. The van der Waals surface area contributed by atoms with E-state index < -0.39 is 5.79 Å². The third-order valence-corrected chi connectivity index (χ3v) is 2.29. The Labute approximate surface area is 92.2 Å². The second-order valence-corrected chi connectivity index (χ2v) is 3.59. The summed E-state index contributed by atoms with van der Waals surface area (Å²) in [4.78, 5) is 0. The molecule has 0 bridgehead atoms. The van der Waals surface area contributed by atoms with Gasteiger partial charge >= 0.3 is 0 Å². The van der Waals surface area contributed by atoms with E-state index >= 15 is 0 Å². The topological polar surface area (TPSA) is 18.5 Å². The molecule has 2 nitrogen and oxygen atoms in total. The van der Waals surface area contributed by atoms with Gasteiger partial charge in [-0.25, -0.2) is 0 Å². The number of rotatable bonds is 5. The van der Waals surface area contributed by atoms with Crippen LogP contribution in [0.5, 0.6) is 0 Å². The van der Waals surface area contributed by atoms with Crippen molar-refractivity contribution in [3.8, 4) is 0 Å². The molecule has 0 aromatic heterocycles. The Kier molecular flexibility index (Phi) is 4.30. The van der Waals surface area contributed by atoms with E-state index in [9.17, 15) is 0 Å². The van der Waals surface area contributed by atoms with Crippen LogP contribution in [0.25, 0.3) is 0 Å². The van der Waals surface area contributed by atoms with Gasteiger partial charge in [-0.05, 0) is 33.8 Å². The minimum Gasteiger partial charge on any atom is -0.346 e. The molecule has 0 saturated carbocycles. The fourth-order valence-corrected chi connectivity index (χ4v) is 1.59. The summed E-state index contributed by atoms with van der Waals surface area (Å²) in [6.45, 7) is 9.16. The summed E-state index contributed by atoms with van der Waals surface area (Å²) in [6, 6.07) is 9.14. The van der Waals surface area contributed by atoms with E-state index in [1.165, 1.54) is 5.56 Å². The number of benzene rings is 1. The van der Waals surface area contributed by atoms with Crippen molar-refractivity contribution in [2.45, 2.75) is 33.5 Å². The summed E-state index contributed by atoms with van der Waals surface area (Å²) < 4.78 is 11.3. The van der Waals surface area contributed by atoms with Gasteiger partial charge in [0.2, 0.25) is 0 Å². The molecule has 0 aliphatic rings. The van der Waals surface area contributed by atoms with Crippen LogP contribution in [0, 0.1) is 13.0 Å². The minimum atomic E-state index is -0.671. The van der Waals surface area contributed by atoms with Crippen molar-refractivity contribution in [1.82, 2.24) is 0 Å². The predicted octanol–water partition coefficient (Wildman–Crippen LogP) is 3.04. The Morgan fingerprint density at radius 3 is 2.33 bits per heavy atom. The van der Waals surface area contributed by atoms with Crippen LogP contribution < -0.4 is 0 Å². The summed E-state index contributed by atoms with van der Waals surface area (Å²) >= 11 is 0. The van der Waals surface area contributed by atoms with Crippen molar-refractivity contribution in [2.75, 3.05) is 13.2 Å². The summed E-state index contributed by atoms with van der Waals surface area (Å²) in [5.41, 5.74) is 2.14. The van der Waals surface area contributed by atoms with Crippen LogP contribution in [0.2, 0.25) is 0 Å². The number of ether oxygens (including phenoxy) is 2. The second kappa shape index (κ2) is 5.29. The zero-order chi connectivity index (χ0) is 11.3. The monoisotopic (exact) mass is 207 g/mol. The first kappa shape index (κ1) is 12.2. The Balaban J connectivity index is 2.97. The van der Waals surface area contributed by atoms with Crippen LogP contribution in [-0.2, 0) is 15.3 Å². The maximum absolute atomic E-state index is 5.66. The van der Waals surface area contributed by atoms with E-state index in [4.69, 9.17) is 9.47 Å². The van der Waals surface area contributed by atoms with Crippen LogP contribution in [0.4, 0.5) is 0 Å². The molecule has 0 fully saturated rings. The van der Waals surface area contributed by atoms with E-state index in [1.807, 2.05) is 39.0 Å². The maximum Gasteiger partial charge on any atom is 0.192 e. The molecule has 0 N–H and O–H groups in total. The van der Waals surface area contributed by atoms with Gasteiger partial charge in [-0.15, -0.1) is 0 Å². The van der Waals surface area contributed by atoms with Crippen LogP contribution in [-0.4, -0.2) is 13.2 Å². The van der Waals surface area contributed by atoms with Gasteiger partial charge in [-0.3, -0.25) is 0 Å². The molecule has 1 rings (SSSR count). The zero-order valence-corrected chi connectivity index (χ0v) is 9.96. The standard InChI is InChI=1S/C13H19O2/c1-5-14-13(4,15-6-2)12-9-7-8-11(3)10-12/h7-8,10H,5-6H2,1-4H3. The molecule has 0 unspecified atom stereocenters. The molecule has 0 atom stereocenters. The molecule has 0 amide bonds. The highest BCUT2D eigenvalue weighted by atomic mass is 16.7. The van der Waals surface area contributed by atoms with E-state index in [-0.39, 0.29) is 0 Å². The fourth-order valence-electron chi connectivity index (χ4n) is 1.59. The highest BCUT2D eigenvalue weighted by Gasteiger charge is 2.27. The lowest BCUT2D eigenvalue weighted by atomic mass is 10.0. The first-order valence-electron chi connectivity index (χ1n) is 5.39. The summed E-state index contributed by atoms with van der Waals surface area (Å²) in [5.74, 6) is -0.671. The van der Waals surface area contributed by atoms with E-state index in [0.29, 0.717) is 13.2 Å². The Hall–Kier alpha value is -0.860. The molecule has 0 aliphatic heterocycles. The molecule has 1 aromatic carbocycles. The second-order valence-electron chi connectivity index (χ2n) is 3.59. The Bertz CT molecular complexity index is 301. The quantitative estimate of drug-likeness (QED) is 0.691. The third kappa shape index (κ3) is 3.05. The van der Waals surface area contributed by atoms with Crippen LogP contribution >= 0.6 is 0 Å². The zero-order valence-electron chi connectivity index (χ0n) is 9.96. The highest BCUT2D eigenvalue weighted by Crippen LogP contribution is 2.26. The van der Waals surface area contributed by atoms with Crippen molar-refractivity contribution in [3.63, 3.8) is 0 Å². The predicted molar refractivity (Wildman–Crippen MR) is 60.6 cm³/mol. The molecule has 0 aliphatic carbocycles. The largest absolute Gasteiger partial charge is 0.346 e. The Morgan fingerprint density at radius 2 is 1.87 bits per heavy atom. The SMILES string of the molecule is CCOC(C)(OCC)c1[c]ccc(C)c1. The van der Waals surface area contributed by atoms with Crippen LogP contribution in [0.15, 0.2) is 18.2 Å². The average Bonchev–Trinajstić information content (AvgIpc) is 2.18. The smallest absolute Gasteiger partial charge is 0.192 e. The van der Waals surface area contributed by atoms with Crippen LogP contribution in [0.3, 0.4) is 0 Å². The van der Waals surface area contributed by atoms with E-state index in [2.05, 4.69) is 13.0 Å². The lowest BCUT2D eigenvalue weighted by molar-refractivity contribution is -0.230. The lowest BCUT2D eigenvalue weighted by Crippen LogP contribution is -2.29. The van der Waals surface area contributed by atoms with Gasteiger partial charge in [0.25, 0.3) is 0 Å². The molecule has 0 spiro atoms. The van der Waals surface area contributed by atoms with Gasteiger partial charge in [-0.2, -0.15) is 0 Å². The van der Waals surface area contributed by atoms with Crippen molar-refractivity contribution in [1.29, 1.82) is 0 Å². The van der Waals surface area contributed by atoms with Crippen molar-refractivity contribution < 1.29 is 9.47 Å². The normalized spacial score (nSPS) is 11.7. The van der Waals surface area contributed by atoms with Crippen molar-refractivity contribution >= 4 is 0 Å². The number of hydrogen-bond donors (Lipinski definition) is 0. The number of aryl methyl sites for hydroxylation is 1. The average molecular weight is 207 g/mol. The molecule has 0 saturated heterocycles. The molecule has 2 heteroatoms. The molecule has 15 heavy (non-hydrogen) atoms. The van der Waals surface area contributed by atoms with Gasteiger partial charge in [-0.1, -0.05) is 23.8 Å². The first-order chi connectivity index (χ1) is 7.12. The lowest BCUT2D eigenvalue weighted by Gasteiger charge is -2.29. The summed E-state index contributed by atoms with van der Waals surface area (Å²) in [7, 11) is 0. The third-order valence-electron chi connectivity index (χ3n) is 2.29. The minimum absolute atomic E-state index is 0.623. The number of hydrogen-bond acceptors (Lipinski definition) is 2. The van der Waals surface area contributed by atoms with E-state index in [0.717, 1.165) is 5.56 Å². The highest BCUT2D eigenvalue weighted by molar-refractivity contribution is 5.24. The molecular formula is C13H19O2. The van der Waals surface area contributed by atoms with Gasteiger partial charge in [0.05, 0.1) is 0 Å².